The van der Waals surface area contributed by atoms with Crippen molar-refractivity contribution in [3.05, 3.63) is 18.0 Å². The molecule has 0 spiro atoms. The minimum Gasteiger partial charge on any atom is -0.317 e. The molecule has 108 valence electrons. The SMILES string of the molecule is CNC(C)CC(C)(C)Cc1ccn(C2CCCC2)n1. The van der Waals surface area contributed by atoms with Crippen LogP contribution in [0, 0.1) is 5.41 Å². The molecule has 3 nitrogen and oxygen atoms in total. The van der Waals surface area contributed by atoms with Gasteiger partial charge in [-0.2, -0.15) is 5.10 Å². The largest absolute Gasteiger partial charge is 0.317 e. The van der Waals surface area contributed by atoms with Gasteiger partial charge in [0.05, 0.1) is 11.7 Å². The van der Waals surface area contributed by atoms with E-state index >= 15 is 0 Å². The van der Waals surface area contributed by atoms with Crippen LogP contribution in [0.3, 0.4) is 0 Å². The monoisotopic (exact) mass is 263 g/mol. The fraction of sp³-hybridized carbons (Fsp3) is 0.812. The average Bonchev–Trinajstić information content (AvgIpc) is 2.97. The minimum atomic E-state index is 0.303. The summed E-state index contributed by atoms with van der Waals surface area (Å²) in [5, 5.41) is 8.14. The number of aromatic nitrogens is 2. The molecule has 1 N–H and O–H groups in total. The molecule has 2 rings (SSSR count). The van der Waals surface area contributed by atoms with E-state index in [4.69, 9.17) is 5.10 Å². The molecule has 1 heterocycles. The molecule has 0 radical (unpaired) electrons. The Morgan fingerprint density at radius 1 is 1.42 bits per heavy atom. The van der Waals surface area contributed by atoms with E-state index in [-0.39, 0.29) is 0 Å². The van der Waals surface area contributed by atoms with Gasteiger partial charge in [-0.05, 0) is 51.1 Å². The topological polar surface area (TPSA) is 29.9 Å². The second-order valence-electron chi connectivity index (χ2n) is 6.96. The van der Waals surface area contributed by atoms with Gasteiger partial charge in [0, 0.05) is 12.2 Å². The summed E-state index contributed by atoms with van der Waals surface area (Å²) in [6, 6.07) is 3.43. The van der Waals surface area contributed by atoms with Crippen molar-refractivity contribution in [3.63, 3.8) is 0 Å². The van der Waals surface area contributed by atoms with Crippen LogP contribution in [0.1, 0.15) is 64.6 Å². The van der Waals surface area contributed by atoms with Gasteiger partial charge in [0.15, 0.2) is 0 Å². The second kappa shape index (κ2) is 6.08. The average molecular weight is 263 g/mol. The Morgan fingerprint density at radius 3 is 2.74 bits per heavy atom. The van der Waals surface area contributed by atoms with Gasteiger partial charge in [0.2, 0.25) is 0 Å². The molecular weight excluding hydrogens is 234 g/mol. The number of nitrogens with zero attached hydrogens (tertiary/aromatic N) is 2. The number of nitrogens with one attached hydrogen (secondary N) is 1. The molecule has 0 bridgehead atoms. The minimum absolute atomic E-state index is 0.303. The molecule has 1 unspecified atom stereocenters. The van der Waals surface area contributed by atoms with Gasteiger partial charge in [-0.3, -0.25) is 4.68 Å². The van der Waals surface area contributed by atoms with E-state index < -0.39 is 0 Å². The molecular formula is C16H29N3. The molecule has 1 saturated carbocycles. The van der Waals surface area contributed by atoms with Crippen molar-refractivity contribution < 1.29 is 0 Å². The van der Waals surface area contributed by atoms with Crippen molar-refractivity contribution in [1.82, 2.24) is 15.1 Å². The highest BCUT2D eigenvalue weighted by atomic mass is 15.3. The van der Waals surface area contributed by atoms with Crippen LogP contribution in [0.2, 0.25) is 0 Å². The van der Waals surface area contributed by atoms with Crippen LogP contribution >= 0.6 is 0 Å². The molecule has 1 fully saturated rings. The molecule has 1 aliphatic rings. The van der Waals surface area contributed by atoms with Crippen molar-refractivity contribution in [2.45, 2.75) is 71.4 Å². The van der Waals surface area contributed by atoms with Gasteiger partial charge in [-0.15, -0.1) is 0 Å². The van der Waals surface area contributed by atoms with Crippen LogP contribution in [0.5, 0.6) is 0 Å². The predicted octanol–water partition coefficient (Wildman–Crippen LogP) is 3.56. The molecule has 0 aliphatic heterocycles. The van der Waals surface area contributed by atoms with E-state index in [0.29, 0.717) is 17.5 Å². The maximum atomic E-state index is 4.81. The van der Waals surface area contributed by atoms with Crippen molar-refractivity contribution >= 4 is 0 Å². The lowest BCUT2D eigenvalue weighted by Crippen LogP contribution is -2.29. The van der Waals surface area contributed by atoms with Crippen molar-refractivity contribution in [1.29, 1.82) is 0 Å². The van der Waals surface area contributed by atoms with E-state index in [2.05, 4.69) is 43.0 Å². The predicted molar refractivity (Wildman–Crippen MR) is 80.4 cm³/mol. The Hall–Kier alpha value is -0.830. The highest BCUT2D eigenvalue weighted by molar-refractivity contribution is 5.03. The number of hydrogen-bond acceptors (Lipinski definition) is 2. The van der Waals surface area contributed by atoms with Gasteiger partial charge in [0.25, 0.3) is 0 Å². The first-order chi connectivity index (χ1) is 9.00. The van der Waals surface area contributed by atoms with E-state index in [1.807, 2.05) is 7.05 Å². The molecule has 1 aromatic heterocycles. The maximum Gasteiger partial charge on any atom is 0.0630 e. The maximum absolute atomic E-state index is 4.81. The number of hydrogen-bond donors (Lipinski definition) is 1. The van der Waals surface area contributed by atoms with E-state index in [0.717, 1.165) is 6.42 Å². The zero-order valence-corrected chi connectivity index (χ0v) is 12.9. The summed E-state index contributed by atoms with van der Waals surface area (Å²) in [4.78, 5) is 0. The van der Waals surface area contributed by atoms with Crippen LogP contribution in [0.25, 0.3) is 0 Å². The summed E-state index contributed by atoms with van der Waals surface area (Å²) in [6.45, 7) is 6.93. The molecule has 0 amide bonds. The van der Waals surface area contributed by atoms with Gasteiger partial charge in [-0.1, -0.05) is 26.7 Å². The zero-order chi connectivity index (χ0) is 13.9. The van der Waals surface area contributed by atoms with Gasteiger partial charge >= 0.3 is 0 Å². The van der Waals surface area contributed by atoms with Crippen LogP contribution in [-0.4, -0.2) is 22.9 Å². The first-order valence-electron chi connectivity index (χ1n) is 7.71. The van der Waals surface area contributed by atoms with E-state index in [9.17, 15) is 0 Å². The number of rotatable bonds is 6. The lowest BCUT2D eigenvalue weighted by atomic mass is 9.82. The lowest BCUT2D eigenvalue weighted by molar-refractivity contribution is 0.289. The first-order valence-corrected chi connectivity index (χ1v) is 7.71. The summed E-state index contributed by atoms with van der Waals surface area (Å²) in [7, 11) is 2.04. The normalized spacial score (nSPS) is 18.9. The van der Waals surface area contributed by atoms with Crippen LogP contribution in [0.4, 0.5) is 0 Å². The van der Waals surface area contributed by atoms with Crippen molar-refractivity contribution in [2.24, 2.45) is 5.41 Å². The summed E-state index contributed by atoms with van der Waals surface area (Å²) >= 11 is 0. The quantitative estimate of drug-likeness (QED) is 0.850. The van der Waals surface area contributed by atoms with Gasteiger partial charge < -0.3 is 5.32 Å². The fourth-order valence-electron chi connectivity index (χ4n) is 3.34. The third kappa shape index (κ3) is 4.07. The van der Waals surface area contributed by atoms with E-state index in [1.165, 1.54) is 37.8 Å². The van der Waals surface area contributed by atoms with Crippen molar-refractivity contribution in [2.75, 3.05) is 7.05 Å². The first kappa shape index (κ1) is 14.6. The highest BCUT2D eigenvalue weighted by Gasteiger charge is 2.23. The standard InChI is InChI=1S/C16H29N3/c1-13(17-4)11-16(2,3)12-14-9-10-19(18-14)15-7-5-6-8-15/h9-10,13,15,17H,5-8,11-12H2,1-4H3. The molecule has 3 heteroatoms. The molecule has 1 atom stereocenters. The molecule has 1 aromatic rings. The molecule has 1 aliphatic carbocycles. The Labute approximate surface area is 117 Å². The summed E-state index contributed by atoms with van der Waals surface area (Å²) in [6.07, 6.45) is 9.78. The molecule has 0 saturated heterocycles. The van der Waals surface area contributed by atoms with Crippen molar-refractivity contribution in [3.8, 4) is 0 Å². The summed E-state index contributed by atoms with van der Waals surface area (Å²) < 4.78 is 2.21. The molecule has 0 aromatic carbocycles. The van der Waals surface area contributed by atoms with E-state index in [1.54, 1.807) is 0 Å². The Kier molecular flexibility index (Phi) is 4.67. The zero-order valence-electron chi connectivity index (χ0n) is 12.9. The Morgan fingerprint density at radius 2 is 2.11 bits per heavy atom. The summed E-state index contributed by atoms with van der Waals surface area (Å²) in [5.41, 5.74) is 1.55. The van der Waals surface area contributed by atoms with Crippen LogP contribution in [0.15, 0.2) is 12.3 Å². The second-order valence-corrected chi connectivity index (χ2v) is 6.96. The van der Waals surface area contributed by atoms with Crippen LogP contribution < -0.4 is 5.32 Å². The van der Waals surface area contributed by atoms with Gasteiger partial charge in [-0.25, -0.2) is 0 Å². The van der Waals surface area contributed by atoms with Gasteiger partial charge in [0.1, 0.15) is 0 Å². The highest BCUT2D eigenvalue weighted by Crippen LogP contribution is 2.30. The third-order valence-corrected chi connectivity index (χ3v) is 4.37. The Bertz CT molecular complexity index is 388. The molecule has 19 heavy (non-hydrogen) atoms. The fourth-order valence-corrected chi connectivity index (χ4v) is 3.34. The summed E-state index contributed by atoms with van der Waals surface area (Å²) in [5.74, 6) is 0. The van der Waals surface area contributed by atoms with Crippen LogP contribution in [-0.2, 0) is 6.42 Å². The smallest absolute Gasteiger partial charge is 0.0630 e. The third-order valence-electron chi connectivity index (χ3n) is 4.37. The lowest BCUT2D eigenvalue weighted by Gasteiger charge is -2.27. The Balaban J connectivity index is 1.95.